The summed E-state index contributed by atoms with van der Waals surface area (Å²) in [5.74, 6) is -1.78. The second-order valence-corrected chi connectivity index (χ2v) is 3.29. The van der Waals surface area contributed by atoms with Crippen LogP contribution in [0.2, 0.25) is 0 Å². The first-order chi connectivity index (χ1) is 8.60. The second-order valence-electron chi connectivity index (χ2n) is 3.29. The molecule has 8 heteroatoms. The van der Waals surface area contributed by atoms with Gasteiger partial charge < -0.3 is 9.84 Å². The first-order valence-electron chi connectivity index (χ1n) is 4.86. The Bertz CT molecular complexity index is 584. The van der Waals surface area contributed by atoms with Gasteiger partial charge in [-0.2, -0.15) is 4.98 Å². The highest BCUT2D eigenvalue weighted by molar-refractivity contribution is 6.03. The number of nitrogens with one attached hydrogen (secondary N) is 2. The molecule has 0 aliphatic rings. The summed E-state index contributed by atoms with van der Waals surface area (Å²) in [5.41, 5.74) is -0.219. The van der Waals surface area contributed by atoms with Gasteiger partial charge in [-0.25, -0.2) is 9.49 Å². The van der Waals surface area contributed by atoms with Crippen LogP contribution in [-0.2, 0) is 0 Å². The molecule has 0 bridgehead atoms. The van der Waals surface area contributed by atoms with Crippen molar-refractivity contribution in [1.82, 2.24) is 15.2 Å². The summed E-state index contributed by atoms with van der Waals surface area (Å²) in [6.07, 6.45) is 0. The van der Waals surface area contributed by atoms with Crippen LogP contribution in [0.4, 0.5) is 10.3 Å². The summed E-state index contributed by atoms with van der Waals surface area (Å²) in [6.45, 7) is 0. The summed E-state index contributed by atoms with van der Waals surface area (Å²) < 4.78 is 18.1. The number of anilines is 1. The quantitative estimate of drug-likeness (QED) is 0.753. The Morgan fingerprint density at radius 3 is 2.94 bits per heavy atom. The van der Waals surface area contributed by atoms with Gasteiger partial charge in [0.05, 0.1) is 12.7 Å². The summed E-state index contributed by atoms with van der Waals surface area (Å²) in [5, 5.41) is 17.3. The standard InChI is InChI=1S/C10H9FN4O3/c1-18-10-13-9(14-15-10)12-8(17)6-3-2-5(16)4-7(6)11/h2-4,16H,1H3,(H2,12,13,14,15,17). The number of nitrogens with zero attached hydrogens (tertiary/aromatic N) is 2. The number of aromatic amines is 1. The molecule has 0 saturated carbocycles. The number of carbonyl (C=O) groups is 1. The van der Waals surface area contributed by atoms with Crippen LogP contribution < -0.4 is 10.1 Å². The predicted octanol–water partition coefficient (Wildman–Crippen LogP) is 0.910. The SMILES string of the molecule is COc1n[nH]c(NC(=O)c2ccc(O)cc2F)n1. The average molecular weight is 252 g/mol. The molecule has 1 amide bonds. The monoisotopic (exact) mass is 252 g/mol. The zero-order valence-corrected chi connectivity index (χ0v) is 9.27. The van der Waals surface area contributed by atoms with Crippen LogP contribution in [-0.4, -0.2) is 33.3 Å². The maximum absolute atomic E-state index is 13.4. The number of hydrogen-bond donors (Lipinski definition) is 3. The number of aromatic nitrogens is 3. The lowest BCUT2D eigenvalue weighted by Crippen LogP contribution is -2.14. The zero-order valence-electron chi connectivity index (χ0n) is 9.27. The van der Waals surface area contributed by atoms with E-state index >= 15 is 0 Å². The molecule has 94 valence electrons. The van der Waals surface area contributed by atoms with E-state index in [0.717, 1.165) is 12.1 Å². The minimum Gasteiger partial charge on any atom is -0.508 e. The summed E-state index contributed by atoms with van der Waals surface area (Å²) in [4.78, 5) is 15.4. The minimum atomic E-state index is -0.834. The van der Waals surface area contributed by atoms with Crippen molar-refractivity contribution in [2.45, 2.75) is 0 Å². The fraction of sp³-hybridized carbons (Fsp3) is 0.100. The maximum Gasteiger partial charge on any atom is 0.336 e. The van der Waals surface area contributed by atoms with Gasteiger partial charge in [-0.1, -0.05) is 0 Å². The number of aromatic hydroxyl groups is 1. The number of hydrogen-bond acceptors (Lipinski definition) is 5. The molecule has 1 aromatic carbocycles. The maximum atomic E-state index is 13.4. The molecule has 2 rings (SSSR count). The van der Waals surface area contributed by atoms with E-state index in [1.807, 2.05) is 0 Å². The van der Waals surface area contributed by atoms with Crippen molar-refractivity contribution in [2.24, 2.45) is 0 Å². The van der Waals surface area contributed by atoms with Crippen molar-refractivity contribution < 1.29 is 19.0 Å². The molecule has 1 aromatic heterocycles. The normalized spacial score (nSPS) is 10.1. The largest absolute Gasteiger partial charge is 0.508 e. The molecule has 3 N–H and O–H groups in total. The lowest BCUT2D eigenvalue weighted by molar-refractivity contribution is 0.102. The number of phenols is 1. The third kappa shape index (κ3) is 2.37. The van der Waals surface area contributed by atoms with Gasteiger partial charge in [0, 0.05) is 6.07 Å². The highest BCUT2D eigenvalue weighted by atomic mass is 19.1. The minimum absolute atomic E-state index is 0.0318. The topological polar surface area (TPSA) is 100 Å². The molecule has 0 aliphatic carbocycles. The number of carbonyl (C=O) groups excluding carboxylic acids is 1. The number of halogens is 1. The molecule has 0 unspecified atom stereocenters. The van der Waals surface area contributed by atoms with Gasteiger partial charge in [0.2, 0.25) is 5.95 Å². The van der Waals surface area contributed by atoms with E-state index in [-0.39, 0.29) is 23.3 Å². The zero-order chi connectivity index (χ0) is 13.1. The summed E-state index contributed by atoms with van der Waals surface area (Å²) in [6, 6.07) is 3.26. The van der Waals surface area contributed by atoms with Crippen molar-refractivity contribution in [3.8, 4) is 11.8 Å². The number of rotatable bonds is 3. The predicted molar refractivity (Wildman–Crippen MR) is 59.0 cm³/mol. The number of H-pyrrole nitrogens is 1. The number of phenolic OH excluding ortho intramolecular Hbond substituents is 1. The Kier molecular flexibility index (Phi) is 3.09. The van der Waals surface area contributed by atoms with E-state index in [1.54, 1.807) is 0 Å². The van der Waals surface area contributed by atoms with E-state index in [1.165, 1.54) is 13.2 Å². The first kappa shape index (κ1) is 11.8. The molecule has 0 aliphatic heterocycles. The summed E-state index contributed by atoms with van der Waals surface area (Å²) in [7, 11) is 1.37. The van der Waals surface area contributed by atoms with Crippen molar-refractivity contribution in [3.63, 3.8) is 0 Å². The van der Waals surface area contributed by atoms with E-state index < -0.39 is 11.7 Å². The van der Waals surface area contributed by atoms with Crippen LogP contribution >= 0.6 is 0 Å². The van der Waals surface area contributed by atoms with Crippen LogP contribution in [0.25, 0.3) is 0 Å². The van der Waals surface area contributed by atoms with Crippen molar-refractivity contribution in [1.29, 1.82) is 0 Å². The van der Waals surface area contributed by atoms with Crippen molar-refractivity contribution in [2.75, 3.05) is 12.4 Å². The van der Waals surface area contributed by atoms with Gasteiger partial charge in [0.1, 0.15) is 11.6 Å². The fourth-order valence-electron chi connectivity index (χ4n) is 1.26. The van der Waals surface area contributed by atoms with Gasteiger partial charge in [-0.15, -0.1) is 5.10 Å². The number of methoxy groups -OCH3 is 1. The van der Waals surface area contributed by atoms with Gasteiger partial charge in [-0.05, 0) is 12.1 Å². The van der Waals surface area contributed by atoms with Crippen LogP contribution in [0.15, 0.2) is 18.2 Å². The Labute approximate surface area is 101 Å². The van der Waals surface area contributed by atoms with Crippen LogP contribution in [0.3, 0.4) is 0 Å². The smallest absolute Gasteiger partial charge is 0.336 e. The lowest BCUT2D eigenvalue weighted by Gasteiger charge is -2.02. The van der Waals surface area contributed by atoms with Gasteiger partial charge >= 0.3 is 6.01 Å². The van der Waals surface area contributed by atoms with Crippen molar-refractivity contribution in [3.05, 3.63) is 29.6 Å². The number of benzene rings is 1. The van der Waals surface area contributed by atoms with Gasteiger partial charge in [0.25, 0.3) is 5.91 Å². The van der Waals surface area contributed by atoms with E-state index in [4.69, 9.17) is 9.84 Å². The first-order valence-corrected chi connectivity index (χ1v) is 4.86. The van der Waals surface area contributed by atoms with Gasteiger partial charge in [0.15, 0.2) is 0 Å². The molecule has 18 heavy (non-hydrogen) atoms. The molecule has 1 heterocycles. The van der Waals surface area contributed by atoms with Crippen LogP contribution in [0.1, 0.15) is 10.4 Å². The Balaban J connectivity index is 2.16. The van der Waals surface area contributed by atoms with E-state index in [9.17, 15) is 9.18 Å². The van der Waals surface area contributed by atoms with Crippen molar-refractivity contribution >= 4 is 11.9 Å². The van der Waals surface area contributed by atoms with Gasteiger partial charge in [-0.3, -0.25) is 10.1 Å². The van der Waals surface area contributed by atoms with E-state index in [0.29, 0.717) is 0 Å². The third-order valence-corrected chi connectivity index (χ3v) is 2.08. The van der Waals surface area contributed by atoms with Crippen LogP contribution in [0, 0.1) is 5.82 Å². The molecule has 0 atom stereocenters. The number of ether oxygens (including phenoxy) is 1. The van der Waals surface area contributed by atoms with Crippen LogP contribution in [0.5, 0.6) is 11.8 Å². The molecule has 0 radical (unpaired) electrons. The molecule has 2 aromatic rings. The Morgan fingerprint density at radius 2 is 2.33 bits per heavy atom. The summed E-state index contributed by atoms with van der Waals surface area (Å²) >= 11 is 0. The number of amides is 1. The third-order valence-electron chi connectivity index (χ3n) is 2.08. The Hall–Kier alpha value is -2.64. The average Bonchev–Trinajstić information content (AvgIpc) is 2.76. The molecule has 0 spiro atoms. The molecular formula is C10H9FN4O3. The Morgan fingerprint density at radius 1 is 1.56 bits per heavy atom. The van der Waals surface area contributed by atoms with E-state index in [2.05, 4.69) is 20.5 Å². The highest BCUT2D eigenvalue weighted by Gasteiger charge is 2.14. The fourth-order valence-corrected chi connectivity index (χ4v) is 1.26. The molecule has 0 saturated heterocycles. The molecule has 0 fully saturated rings. The molecular weight excluding hydrogens is 243 g/mol. The lowest BCUT2D eigenvalue weighted by atomic mass is 10.2. The second kappa shape index (κ2) is 4.70. The highest BCUT2D eigenvalue weighted by Crippen LogP contribution is 2.16. The molecule has 7 nitrogen and oxygen atoms in total.